The average molecular weight is 309 g/mol. The molecule has 124 valence electrons. The number of nitrogens with one attached hydrogen (secondary N) is 3. The molecular weight excluding hydrogens is 282 g/mol. The van der Waals surface area contributed by atoms with Crippen molar-refractivity contribution < 1.29 is 9.59 Å². The Morgan fingerprint density at radius 1 is 1.32 bits per heavy atom. The lowest BCUT2D eigenvalue weighted by Gasteiger charge is -2.23. The van der Waals surface area contributed by atoms with E-state index >= 15 is 0 Å². The Hall–Kier alpha value is -2.05. The van der Waals surface area contributed by atoms with Crippen molar-refractivity contribution in [3.63, 3.8) is 0 Å². The Bertz CT molecular complexity index is 518. The van der Waals surface area contributed by atoms with Crippen LogP contribution in [0.3, 0.4) is 0 Å². The molecule has 0 aliphatic carbocycles. The van der Waals surface area contributed by atoms with Crippen LogP contribution < -0.4 is 16.0 Å². The zero-order valence-corrected chi connectivity index (χ0v) is 14.2. The Morgan fingerprint density at radius 2 is 1.95 bits per heavy atom. The van der Waals surface area contributed by atoms with Crippen molar-refractivity contribution in [2.75, 3.05) is 5.32 Å². The molecule has 7 nitrogen and oxygen atoms in total. The van der Waals surface area contributed by atoms with E-state index in [0.717, 1.165) is 6.42 Å². The lowest BCUT2D eigenvalue weighted by molar-refractivity contribution is -0.123. The molecule has 0 aliphatic rings. The second-order valence-electron chi connectivity index (χ2n) is 6.48. The topological polar surface area (TPSA) is 88.1 Å². The largest absolute Gasteiger partial charge is 0.350 e. The minimum Gasteiger partial charge on any atom is -0.350 e. The number of hydrogen-bond donors (Lipinski definition) is 3. The molecule has 1 rings (SSSR count). The monoisotopic (exact) mass is 309 g/mol. The summed E-state index contributed by atoms with van der Waals surface area (Å²) >= 11 is 0. The molecule has 0 radical (unpaired) electrons. The molecule has 1 heterocycles. The minimum atomic E-state index is -0.626. The van der Waals surface area contributed by atoms with E-state index in [1.807, 2.05) is 27.7 Å². The van der Waals surface area contributed by atoms with Gasteiger partial charge in [-0.2, -0.15) is 5.10 Å². The molecule has 0 spiro atoms. The summed E-state index contributed by atoms with van der Waals surface area (Å²) in [6.07, 6.45) is 2.54. The Labute approximate surface area is 131 Å². The smallest absolute Gasteiger partial charge is 0.321 e. The van der Waals surface area contributed by atoms with E-state index in [4.69, 9.17) is 0 Å². The van der Waals surface area contributed by atoms with Gasteiger partial charge in [-0.25, -0.2) is 9.48 Å². The number of amides is 3. The molecule has 1 aromatic heterocycles. The lowest BCUT2D eigenvalue weighted by atomic mass is 10.1. The standard InChI is InChI=1S/C15H27N5O2/c1-7-10(2)20-12(8-9-16-20)18-14(22)17-11(3)13(21)19-15(4,5)6/h8-11H,7H2,1-6H3,(H,19,21)(H2,17,18,22)/t10-,11-/m1/s1. The van der Waals surface area contributed by atoms with Crippen LogP contribution in [0.2, 0.25) is 0 Å². The Kier molecular flexibility index (Phi) is 5.96. The number of aromatic nitrogens is 2. The zero-order chi connectivity index (χ0) is 16.9. The van der Waals surface area contributed by atoms with E-state index in [9.17, 15) is 9.59 Å². The molecule has 1 aromatic rings. The summed E-state index contributed by atoms with van der Waals surface area (Å²) in [5.74, 6) is 0.383. The summed E-state index contributed by atoms with van der Waals surface area (Å²) in [6, 6.07) is 0.860. The fourth-order valence-corrected chi connectivity index (χ4v) is 1.83. The summed E-state index contributed by atoms with van der Waals surface area (Å²) in [5, 5.41) is 12.4. The molecule has 3 amide bonds. The highest BCUT2D eigenvalue weighted by molar-refractivity contribution is 5.93. The molecule has 22 heavy (non-hydrogen) atoms. The van der Waals surface area contributed by atoms with Gasteiger partial charge in [-0.1, -0.05) is 6.92 Å². The van der Waals surface area contributed by atoms with Crippen molar-refractivity contribution in [1.82, 2.24) is 20.4 Å². The highest BCUT2D eigenvalue weighted by Gasteiger charge is 2.21. The van der Waals surface area contributed by atoms with E-state index in [0.29, 0.717) is 5.82 Å². The summed E-state index contributed by atoms with van der Waals surface area (Å²) < 4.78 is 1.75. The first-order valence-electron chi connectivity index (χ1n) is 7.57. The first-order valence-corrected chi connectivity index (χ1v) is 7.57. The number of hydrogen-bond acceptors (Lipinski definition) is 3. The molecule has 0 unspecified atom stereocenters. The zero-order valence-electron chi connectivity index (χ0n) is 14.2. The minimum absolute atomic E-state index is 0.187. The second-order valence-corrected chi connectivity index (χ2v) is 6.48. The predicted molar refractivity (Wildman–Crippen MR) is 86.7 cm³/mol. The van der Waals surface area contributed by atoms with Crippen molar-refractivity contribution in [1.29, 1.82) is 0 Å². The number of nitrogens with zero attached hydrogens (tertiary/aromatic N) is 2. The van der Waals surface area contributed by atoms with Gasteiger partial charge in [0.15, 0.2) is 0 Å². The third-order valence-electron chi connectivity index (χ3n) is 3.16. The van der Waals surface area contributed by atoms with Crippen molar-refractivity contribution >= 4 is 17.8 Å². The second kappa shape index (κ2) is 7.29. The maximum atomic E-state index is 12.0. The number of carbonyl (C=O) groups excluding carboxylic acids is 2. The molecule has 0 aliphatic heterocycles. The number of urea groups is 1. The van der Waals surface area contributed by atoms with Crippen LogP contribution in [-0.4, -0.2) is 33.3 Å². The molecule has 7 heteroatoms. The van der Waals surface area contributed by atoms with Gasteiger partial charge in [0.25, 0.3) is 0 Å². The summed E-state index contributed by atoms with van der Waals surface area (Å²) in [7, 11) is 0. The third-order valence-corrected chi connectivity index (χ3v) is 3.16. The van der Waals surface area contributed by atoms with Gasteiger partial charge in [0.05, 0.1) is 12.2 Å². The first kappa shape index (κ1) is 18.0. The van der Waals surface area contributed by atoms with E-state index in [1.165, 1.54) is 0 Å². The van der Waals surface area contributed by atoms with Crippen LogP contribution in [0.5, 0.6) is 0 Å². The van der Waals surface area contributed by atoms with Gasteiger partial charge in [0.2, 0.25) is 5.91 Å². The van der Waals surface area contributed by atoms with Gasteiger partial charge in [-0.15, -0.1) is 0 Å². The van der Waals surface area contributed by atoms with E-state index in [-0.39, 0.29) is 17.5 Å². The van der Waals surface area contributed by atoms with Gasteiger partial charge in [-0.05, 0) is 41.0 Å². The average Bonchev–Trinajstić information content (AvgIpc) is 2.83. The van der Waals surface area contributed by atoms with Crippen molar-refractivity contribution in [3.05, 3.63) is 12.3 Å². The molecular formula is C15H27N5O2. The van der Waals surface area contributed by atoms with Gasteiger partial charge in [-0.3, -0.25) is 10.1 Å². The quantitative estimate of drug-likeness (QED) is 0.779. The first-order chi connectivity index (χ1) is 10.1. The van der Waals surface area contributed by atoms with Crippen LogP contribution in [0, 0.1) is 0 Å². The maximum absolute atomic E-state index is 12.0. The lowest BCUT2D eigenvalue weighted by Crippen LogP contribution is -2.51. The van der Waals surface area contributed by atoms with Crippen LogP contribution in [0.4, 0.5) is 10.6 Å². The number of anilines is 1. The third kappa shape index (κ3) is 5.38. The fourth-order valence-electron chi connectivity index (χ4n) is 1.83. The van der Waals surface area contributed by atoms with Gasteiger partial charge < -0.3 is 10.6 Å². The Morgan fingerprint density at radius 3 is 2.50 bits per heavy atom. The number of carbonyl (C=O) groups is 2. The summed E-state index contributed by atoms with van der Waals surface area (Å²) in [5.41, 5.74) is -0.335. The molecule has 3 N–H and O–H groups in total. The van der Waals surface area contributed by atoms with Crippen LogP contribution in [0.1, 0.15) is 54.0 Å². The number of rotatable bonds is 5. The highest BCUT2D eigenvalue weighted by Crippen LogP contribution is 2.16. The molecule has 2 atom stereocenters. The van der Waals surface area contributed by atoms with E-state index in [2.05, 4.69) is 28.0 Å². The SMILES string of the molecule is CC[C@@H](C)n1nccc1NC(=O)N[C@H](C)C(=O)NC(C)(C)C. The van der Waals surface area contributed by atoms with E-state index in [1.54, 1.807) is 23.9 Å². The molecule has 0 aromatic carbocycles. The fraction of sp³-hybridized carbons (Fsp3) is 0.667. The van der Waals surface area contributed by atoms with Crippen molar-refractivity contribution in [2.45, 2.75) is 65.6 Å². The van der Waals surface area contributed by atoms with E-state index < -0.39 is 12.1 Å². The Balaban J connectivity index is 2.60. The molecule has 0 saturated carbocycles. The highest BCUT2D eigenvalue weighted by atomic mass is 16.2. The van der Waals surface area contributed by atoms with Crippen LogP contribution in [-0.2, 0) is 4.79 Å². The van der Waals surface area contributed by atoms with Gasteiger partial charge in [0, 0.05) is 11.6 Å². The van der Waals surface area contributed by atoms with Gasteiger partial charge in [0.1, 0.15) is 11.9 Å². The van der Waals surface area contributed by atoms with Crippen molar-refractivity contribution in [2.24, 2.45) is 0 Å². The van der Waals surface area contributed by atoms with Crippen LogP contribution in [0.25, 0.3) is 0 Å². The maximum Gasteiger partial charge on any atom is 0.321 e. The summed E-state index contributed by atoms with van der Waals surface area (Å²) in [4.78, 5) is 24.0. The van der Waals surface area contributed by atoms with Crippen LogP contribution >= 0.6 is 0 Å². The molecule has 0 bridgehead atoms. The van der Waals surface area contributed by atoms with Crippen LogP contribution in [0.15, 0.2) is 12.3 Å². The summed E-state index contributed by atoms with van der Waals surface area (Å²) in [6.45, 7) is 11.4. The van der Waals surface area contributed by atoms with Gasteiger partial charge >= 0.3 is 6.03 Å². The van der Waals surface area contributed by atoms with Crippen molar-refractivity contribution in [3.8, 4) is 0 Å². The predicted octanol–water partition coefficient (Wildman–Crippen LogP) is 2.28. The molecule has 0 saturated heterocycles. The molecule has 0 fully saturated rings. The normalized spacial score (nSPS) is 14.1.